The number of carbonyl (C=O) groups is 3. The Balaban J connectivity index is 2.10. The fourth-order valence-corrected chi connectivity index (χ4v) is 3.47. The number of esters is 2. The van der Waals surface area contributed by atoms with E-state index in [9.17, 15) is 14.4 Å². The SMILES string of the molecule is COC(=O)c1cc(NC(=O)CN(C)Cc2sccc2C)cc(C(=O)OC)c1. The summed E-state index contributed by atoms with van der Waals surface area (Å²) in [6.45, 7) is 2.85. The van der Waals surface area contributed by atoms with Gasteiger partial charge in [0.1, 0.15) is 0 Å². The number of amides is 1. The van der Waals surface area contributed by atoms with Crippen LogP contribution in [0.25, 0.3) is 0 Å². The molecule has 0 spiro atoms. The van der Waals surface area contributed by atoms with Crippen molar-refractivity contribution in [3.63, 3.8) is 0 Å². The van der Waals surface area contributed by atoms with Gasteiger partial charge in [-0.2, -0.15) is 0 Å². The van der Waals surface area contributed by atoms with Crippen LogP contribution in [-0.4, -0.2) is 50.6 Å². The van der Waals surface area contributed by atoms with Gasteiger partial charge in [-0.05, 0) is 49.2 Å². The molecule has 2 aromatic rings. The molecule has 0 radical (unpaired) electrons. The number of nitrogens with zero attached hydrogens (tertiary/aromatic N) is 1. The number of ether oxygens (including phenoxy) is 2. The fraction of sp³-hybridized carbons (Fsp3) is 0.316. The molecule has 0 aliphatic heterocycles. The standard InChI is InChI=1S/C19H22N2O5S/c1-12-5-6-27-16(12)10-21(2)11-17(22)20-15-8-13(18(23)25-3)7-14(9-15)19(24)26-4/h5-9H,10-11H2,1-4H3,(H,20,22). The Labute approximate surface area is 161 Å². The minimum absolute atomic E-state index is 0.151. The van der Waals surface area contributed by atoms with Crippen molar-refractivity contribution < 1.29 is 23.9 Å². The van der Waals surface area contributed by atoms with Gasteiger partial charge >= 0.3 is 11.9 Å². The maximum atomic E-state index is 12.4. The predicted molar refractivity (Wildman–Crippen MR) is 103 cm³/mol. The Morgan fingerprint density at radius 3 is 2.15 bits per heavy atom. The molecule has 1 aromatic heterocycles. The van der Waals surface area contributed by atoms with Crippen molar-refractivity contribution in [3.8, 4) is 0 Å². The van der Waals surface area contributed by atoms with Crippen LogP contribution in [0.15, 0.2) is 29.6 Å². The van der Waals surface area contributed by atoms with Crippen molar-refractivity contribution >= 4 is 34.9 Å². The summed E-state index contributed by atoms with van der Waals surface area (Å²) in [4.78, 5) is 39.1. The first-order valence-corrected chi connectivity index (χ1v) is 9.05. The summed E-state index contributed by atoms with van der Waals surface area (Å²) in [6, 6.07) is 6.32. The molecule has 8 heteroatoms. The number of rotatable bonds is 7. The molecule has 0 saturated heterocycles. The highest BCUT2D eigenvalue weighted by molar-refractivity contribution is 7.10. The van der Waals surface area contributed by atoms with Crippen molar-refractivity contribution in [2.45, 2.75) is 13.5 Å². The highest BCUT2D eigenvalue weighted by Gasteiger charge is 2.16. The van der Waals surface area contributed by atoms with Gasteiger partial charge in [0.15, 0.2) is 0 Å². The van der Waals surface area contributed by atoms with Crippen molar-refractivity contribution in [2.24, 2.45) is 0 Å². The van der Waals surface area contributed by atoms with E-state index in [0.29, 0.717) is 12.2 Å². The summed E-state index contributed by atoms with van der Waals surface area (Å²) in [6.07, 6.45) is 0. The molecule has 0 fully saturated rings. The number of benzene rings is 1. The van der Waals surface area contributed by atoms with Crippen molar-refractivity contribution in [1.29, 1.82) is 0 Å². The molecule has 0 unspecified atom stereocenters. The summed E-state index contributed by atoms with van der Waals surface area (Å²) in [5.41, 5.74) is 1.82. The van der Waals surface area contributed by atoms with E-state index < -0.39 is 11.9 Å². The van der Waals surface area contributed by atoms with Gasteiger partial charge < -0.3 is 14.8 Å². The van der Waals surface area contributed by atoms with Crippen LogP contribution >= 0.6 is 11.3 Å². The van der Waals surface area contributed by atoms with Gasteiger partial charge in [-0.15, -0.1) is 11.3 Å². The van der Waals surface area contributed by atoms with E-state index in [1.54, 1.807) is 11.3 Å². The third-order valence-corrected chi connectivity index (χ3v) is 4.86. The number of carbonyl (C=O) groups excluding carboxylic acids is 3. The zero-order valence-corrected chi connectivity index (χ0v) is 16.5. The van der Waals surface area contributed by atoms with Crippen molar-refractivity contribution in [3.05, 3.63) is 51.2 Å². The molecular weight excluding hydrogens is 368 g/mol. The van der Waals surface area contributed by atoms with Crippen LogP contribution < -0.4 is 5.32 Å². The van der Waals surface area contributed by atoms with Crippen molar-refractivity contribution in [2.75, 3.05) is 33.1 Å². The van der Waals surface area contributed by atoms with Crippen LogP contribution in [-0.2, 0) is 20.8 Å². The minimum Gasteiger partial charge on any atom is -0.465 e. The second-order valence-electron chi connectivity index (χ2n) is 6.03. The first kappa shape index (κ1) is 20.6. The number of hydrogen-bond acceptors (Lipinski definition) is 7. The molecule has 2 rings (SSSR count). The van der Waals surface area contributed by atoms with Crippen LogP contribution in [0.3, 0.4) is 0 Å². The van der Waals surface area contributed by atoms with Crippen LogP contribution in [0.5, 0.6) is 0 Å². The van der Waals surface area contributed by atoms with Gasteiger partial charge in [-0.25, -0.2) is 9.59 Å². The van der Waals surface area contributed by atoms with Crippen LogP contribution in [0.4, 0.5) is 5.69 Å². The van der Waals surface area contributed by atoms with Crippen LogP contribution in [0.1, 0.15) is 31.2 Å². The minimum atomic E-state index is -0.610. The highest BCUT2D eigenvalue weighted by Crippen LogP contribution is 2.19. The summed E-state index contributed by atoms with van der Waals surface area (Å²) >= 11 is 1.65. The lowest BCUT2D eigenvalue weighted by atomic mass is 10.1. The Bertz CT molecular complexity index is 812. The van der Waals surface area contributed by atoms with Gasteiger partial charge in [0.2, 0.25) is 5.91 Å². The lowest BCUT2D eigenvalue weighted by Crippen LogP contribution is -2.30. The zero-order valence-electron chi connectivity index (χ0n) is 15.7. The third kappa shape index (κ3) is 5.63. The maximum Gasteiger partial charge on any atom is 0.337 e. The normalized spacial score (nSPS) is 10.6. The third-order valence-electron chi connectivity index (χ3n) is 3.85. The summed E-state index contributed by atoms with van der Waals surface area (Å²) < 4.78 is 9.38. The second kappa shape index (κ2) is 9.29. The van der Waals surface area contributed by atoms with E-state index in [-0.39, 0.29) is 23.6 Å². The number of anilines is 1. The number of aryl methyl sites for hydroxylation is 1. The van der Waals surface area contributed by atoms with E-state index >= 15 is 0 Å². The lowest BCUT2D eigenvalue weighted by molar-refractivity contribution is -0.117. The molecule has 0 atom stereocenters. The van der Waals surface area contributed by atoms with E-state index in [2.05, 4.69) is 14.8 Å². The van der Waals surface area contributed by atoms with E-state index in [4.69, 9.17) is 0 Å². The van der Waals surface area contributed by atoms with Gasteiger partial charge in [-0.3, -0.25) is 9.69 Å². The quantitative estimate of drug-likeness (QED) is 0.732. The number of nitrogens with one attached hydrogen (secondary N) is 1. The molecule has 0 aliphatic carbocycles. The molecule has 7 nitrogen and oxygen atoms in total. The number of thiophene rings is 1. The number of methoxy groups -OCH3 is 2. The monoisotopic (exact) mass is 390 g/mol. The van der Waals surface area contributed by atoms with Gasteiger partial charge in [0.05, 0.1) is 31.9 Å². The Morgan fingerprint density at radius 1 is 1.07 bits per heavy atom. The number of likely N-dealkylation sites (N-methyl/N-ethyl adjacent to an activating group) is 1. The largest absolute Gasteiger partial charge is 0.465 e. The fourth-order valence-electron chi connectivity index (χ4n) is 2.48. The summed E-state index contributed by atoms with van der Waals surface area (Å²) in [5, 5.41) is 4.73. The number of hydrogen-bond donors (Lipinski definition) is 1. The average Bonchev–Trinajstić information content (AvgIpc) is 3.04. The first-order chi connectivity index (χ1) is 12.8. The van der Waals surface area contributed by atoms with E-state index in [1.807, 2.05) is 30.3 Å². The summed E-state index contributed by atoms with van der Waals surface area (Å²) in [5.74, 6) is -1.48. The second-order valence-corrected chi connectivity index (χ2v) is 7.03. The Hall–Kier alpha value is -2.71. The molecule has 1 heterocycles. The maximum absolute atomic E-state index is 12.4. The van der Waals surface area contributed by atoms with E-state index in [0.717, 1.165) is 0 Å². The van der Waals surface area contributed by atoms with Crippen LogP contribution in [0, 0.1) is 6.92 Å². The van der Waals surface area contributed by atoms with Crippen molar-refractivity contribution in [1.82, 2.24) is 4.90 Å². The molecule has 144 valence electrons. The van der Waals surface area contributed by atoms with Gasteiger partial charge in [0.25, 0.3) is 0 Å². The molecule has 0 saturated carbocycles. The zero-order chi connectivity index (χ0) is 20.0. The lowest BCUT2D eigenvalue weighted by Gasteiger charge is -2.16. The van der Waals surface area contributed by atoms with Gasteiger partial charge in [-0.1, -0.05) is 0 Å². The van der Waals surface area contributed by atoms with E-state index in [1.165, 1.54) is 42.9 Å². The first-order valence-electron chi connectivity index (χ1n) is 8.17. The average molecular weight is 390 g/mol. The van der Waals surface area contributed by atoms with Crippen LogP contribution in [0.2, 0.25) is 0 Å². The molecule has 1 N–H and O–H groups in total. The summed E-state index contributed by atoms with van der Waals surface area (Å²) in [7, 11) is 4.34. The highest BCUT2D eigenvalue weighted by atomic mass is 32.1. The Kier molecular flexibility index (Phi) is 7.09. The molecular formula is C19H22N2O5S. The van der Waals surface area contributed by atoms with Gasteiger partial charge in [0, 0.05) is 17.1 Å². The Morgan fingerprint density at radius 2 is 1.67 bits per heavy atom. The molecule has 27 heavy (non-hydrogen) atoms. The molecule has 1 amide bonds. The molecule has 0 bridgehead atoms. The molecule has 0 aliphatic rings. The predicted octanol–water partition coefficient (Wildman–Crippen LogP) is 2.70. The smallest absolute Gasteiger partial charge is 0.337 e. The molecule has 1 aromatic carbocycles. The topological polar surface area (TPSA) is 84.9 Å².